The van der Waals surface area contributed by atoms with Crippen LogP contribution in [0, 0.1) is 17.6 Å². The van der Waals surface area contributed by atoms with Crippen molar-refractivity contribution in [3.8, 4) is 0 Å². The third kappa shape index (κ3) is 4.24. The Kier molecular flexibility index (Phi) is 5.25. The highest BCUT2D eigenvalue weighted by Crippen LogP contribution is 2.24. The molecule has 0 aliphatic heterocycles. The molecule has 0 unspecified atom stereocenters. The van der Waals surface area contributed by atoms with E-state index in [-0.39, 0.29) is 24.8 Å². The van der Waals surface area contributed by atoms with Crippen molar-refractivity contribution in [3.05, 3.63) is 29.8 Å². The predicted octanol–water partition coefficient (Wildman–Crippen LogP) is 2.60. The molecule has 0 atom stereocenters. The van der Waals surface area contributed by atoms with E-state index >= 15 is 0 Å². The van der Waals surface area contributed by atoms with Gasteiger partial charge in [-0.15, -0.1) is 0 Å². The SMILES string of the molecule is O=C(CCNC(=O)C1CCCC1)Nc1c(F)cccc1F. The van der Waals surface area contributed by atoms with Crippen LogP contribution in [0.5, 0.6) is 0 Å². The molecule has 1 aliphatic rings. The average molecular weight is 296 g/mol. The van der Waals surface area contributed by atoms with E-state index in [1.54, 1.807) is 0 Å². The van der Waals surface area contributed by atoms with Crippen LogP contribution in [0.4, 0.5) is 14.5 Å². The van der Waals surface area contributed by atoms with Crippen molar-refractivity contribution < 1.29 is 18.4 Å². The summed E-state index contributed by atoms with van der Waals surface area (Å²) >= 11 is 0. The van der Waals surface area contributed by atoms with Crippen molar-refractivity contribution in [3.63, 3.8) is 0 Å². The Bertz CT molecular complexity index is 508. The molecule has 2 rings (SSSR count). The summed E-state index contributed by atoms with van der Waals surface area (Å²) < 4.78 is 26.7. The van der Waals surface area contributed by atoms with Crippen LogP contribution in [0.1, 0.15) is 32.1 Å². The fourth-order valence-corrected chi connectivity index (χ4v) is 2.45. The zero-order chi connectivity index (χ0) is 15.2. The second kappa shape index (κ2) is 7.15. The van der Waals surface area contributed by atoms with Crippen LogP contribution in [-0.2, 0) is 9.59 Å². The summed E-state index contributed by atoms with van der Waals surface area (Å²) in [4.78, 5) is 23.4. The number of hydrogen-bond acceptors (Lipinski definition) is 2. The maximum Gasteiger partial charge on any atom is 0.226 e. The first kappa shape index (κ1) is 15.4. The normalized spacial score (nSPS) is 15.0. The monoisotopic (exact) mass is 296 g/mol. The van der Waals surface area contributed by atoms with Crippen LogP contribution in [0.25, 0.3) is 0 Å². The minimum atomic E-state index is -0.821. The van der Waals surface area contributed by atoms with Crippen molar-refractivity contribution in [1.82, 2.24) is 5.32 Å². The van der Waals surface area contributed by atoms with Gasteiger partial charge in [-0.25, -0.2) is 8.78 Å². The van der Waals surface area contributed by atoms with Gasteiger partial charge in [0, 0.05) is 18.9 Å². The summed E-state index contributed by atoms with van der Waals surface area (Å²) in [6.07, 6.45) is 3.87. The van der Waals surface area contributed by atoms with Crippen LogP contribution >= 0.6 is 0 Å². The number of rotatable bonds is 5. The third-order valence-electron chi connectivity index (χ3n) is 3.60. The minimum absolute atomic E-state index is 0.0216. The maximum absolute atomic E-state index is 13.3. The van der Waals surface area contributed by atoms with Crippen molar-refractivity contribution in [2.24, 2.45) is 5.92 Å². The van der Waals surface area contributed by atoms with Gasteiger partial charge in [0.1, 0.15) is 17.3 Å². The van der Waals surface area contributed by atoms with Crippen LogP contribution < -0.4 is 10.6 Å². The lowest BCUT2D eigenvalue weighted by Crippen LogP contribution is -2.32. The van der Waals surface area contributed by atoms with Gasteiger partial charge in [0.2, 0.25) is 11.8 Å². The van der Waals surface area contributed by atoms with E-state index in [4.69, 9.17) is 0 Å². The van der Waals surface area contributed by atoms with E-state index in [0.717, 1.165) is 37.8 Å². The number of para-hydroxylation sites is 1. The topological polar surface area (TPSA) is 58.2 Å². The first-order valence-electron chi connectivity index (χ1n) is 7.09. The van der Waals surface area contributed by atoms with Gasteiger partial charge in [-0.3, -0.25) is 9.59 Å². The van der Waals surface area contributed by atoms with Gasteiger partial charge in [-0.1, -0.05) is 18.9 Å². The zero-order valence-electron chi connectivity index (χ0n) is 11.6. The van der Waals surface area contributed by atoms with E-state index in [1.165, 1.54) is 6.07 Å². The third-order valence-corrected chi connectivity index (χ3v) is 3.60. The summed E-state index contributed by atoms with van der Waals surface area (Å²) in [6.45, 7) is 0.164. The summed E-state index contributed by atoms with van der Waals surface area (Å²) in [7, 11) is 0. The molecule has 4 nitrogen and oxygen atoms in total. The van der Waals surface area contributed by atoms with Crippen molar-refractivity contribution >= 4 is 17.5 Å². The zero-order valence-corrected chi connectivity index (χ0v) is 11.6. The lowest BCUT2D eigenvalue weighted by molar-refractivity contribution is -0.124. The molecule has 6 heteroatoms. The Morgan fingerprint density at radius 3 is 2.38 bits per heavy atom. The first-order valence-corrected chi connectivity index (χ1v) is 7.09. The van der Waals surface area contributed by atoms with Gasteiger partial charge in [0.15, 0.2) is 0 Å². The summed E-state index contributed by atoms with van der Waals surface area (Å²) in [5.74, 6) is -2.18. The van der Waals surface area contributed by atoms with Crippen LogP contribution in [0.15, 0.2) is 18.2 Å². The number of nitrogens with one attached hydrogen (secondary N) is 2. The van der Waals surface area contributed by atoms with Gasteiger partial charge in [0.25, 0.3) is 0 Å². The number of amides is 2. The van der Waals surface area contributed by atoms with Gasteiger partial charge in [-0.05, 0) is 25.0 Å². The van der Waals surface area contributed by atoms with Gasteiger partial charge >= 0.3 is 0 Å². The molecule has 0 saturated heterocycles. The summed E-state index contributed by atoms with van der Waals surface area (Å²) in [5, 5.41) is 4.86. The average Bonchev–Trinajstić information content (AvgIpc) is 2.97. The van der Waals surface area contributed by atoms with Crippen LogP contribution in [0.2, 0.25) is 0 Å². The van der Waals surface area contributed by atoms with E-state index < -0.39 is 23.2 Å². The van der Waals surface area contributed by atoms with E-state index in [1.807, 2.05) is 0 Å². The molecule has 2 amide bonds. The van der Waals surface area contributed by atoms with Crippen molar-refractivity contribution in [2.45, 2.75) is 32.1 Å². The molecule has 1 saturated carbocycles. The molecule has 1 aliphatic carbocycles. The number of carbonyl (C=O) groups excluding carboxylic acids is 2. The highest BCUT2D eigenvalue weighted by molar-refractivity contribution is 5.91. The number of carbonyl (C=O) groups is 2. The van der Waals surface area contributed by atoms with Crippen molar-refractivity contribution in [1.29, 1.82) is 0 Å². The minimum Gasteiger partial charge on any atom is -0.355 e. The van der Waals surface area contributed by atoms with Crippen LogP contribution in [0.3, 0.4) is 0 Å². The molecular formula is C15H18F2N2O2. The number of hydrogen-bond donors (Lipinski definition) is 2. The lowest BCUT2D eigenvalue weighted by Gasteiger charge is -2.11. The molecule has 1 fully saturated rings. The molecular weight excluding hydrogens is 278 g/mol. The molecule has 1 aromatic rings. The highest BCUT2D eigenvalue weighted by Gasteiger charge is 2.22. The molecule has 21 heavy (non-hydrogen) atoms. The van der Waals surface area contributed by atoms with Gasteiger partial charge < -0.3 is 10.6 Å². The Hall–Kier alpha value is -1.98. The first-order chi connectivity index (χ1) is 10.1. The molecule has 0 bridgehead atoms. The second-order valence-corrected chi connectivity index (χ2v) is 5.17. The standard InChI is InChI=1S/C15H18F2N2O2/c16-11-6-3-7-12(17)14(11)19-13(20)8-9-18-15(21)10-4-1-2-5-10/h3,6-7,10H,1-2,4-5,8-9H2,(H,18,21)(H,19,20). The largest absolute Gasteiger partial charge is 0.355 e. The van der Waals surface area contributed by atoms with Gasteiger partial charge in [0.05, 0.1) is 0 Å². The number of anilines is 1. The highest BCUT2D eigenvalue weighted by atomic mass is 19.1. The van der Waals surface area contributed by atoms with E-state index in [0.29, 0.717) is 0 Å². The summed E-state index contributed by atoms with van der Waals surface area (Å²) in [6, 6.07) is 3.36. The predicted molar refractivity (Wildman–Crippen MR) is 74.6 cm³/mol. The van der Waals surface area contributed by atoms with Gasteiger partial charge in [-0.2, -0.15) is 0 Å². The lowest BCUT2D eigenvalue weighted by atomic mass is 10.1. The molecule has 0 radical (unpaired) electrons. The smallest absolute Gasteiger partial charge is 0.226 e. The Morgan fingerprint density at radius 1 is 1.14 bits per heavy atom. The molecule has 0 spiro atoms. The number of benzene rings is 1. The Labute approximate surface area is 121 Å². The fraction of sp³-hybridized carbons (Fsp3) is 0.467. The Balaban J connectivity index is 1.76. The molecule has 2 N–H and O–H groups in total. The maximum atomic E-state index is 13.3. The Morgan fingerprint density at radius 2 is 1.76 bits per heavy atom. The molecule has 1 aromatic carbocycles. The number of halogens is 2. The second-order valence-electron chi connectivity index (χ2n) is 5.17. The van der Waals surface area contributed by atoms with Crippen molar-refractivity contribution in [2.75, 3.05) is 11.9 Å². The van der Waals surface area contributed by atoms with E-state index in [9.17, 15) is 18.4 Å². The quantitative estimate of drug-likeness (QED) is 0.877. The van der Waals surface area contributed by atoms with Crippen LogP contribution in [-0.4, -0.2) is 18.4 Å². The fourth-order valence-electron chi connectivity index (χ4n) is 2.45. The molecule has 0 aromatic heterocycles. The summed E-state index contributed by atoms with van der Waals surface area (Å²) in [5.41, 5.74) is -0.454. The van der Waals surface area contributed by atoms with E-state index in [2.05, 4.69) is 10.6 Å². The molecule has 114 valence electrons. The molecule has 0 heterocycles.